The smallest absolute Gasteiger partial charge is 0.0728 e. The van der Waals surface area contributed by atoms with Crippen molar-refractivity contribution in [3.05, 3.63) is 11.9 Å². The van der Waals surface area contributed by atoms with Gasteiger partial charge in [-0.15, -0.1) is 5.10 Å². The highest BCUT2D eigenvalue weighted by Gasteiger charge is 2.32. The van der Waals surface area contributed by atoms with Gasteiger partial charge in [0.05, 0.1) is 11.9 Å². The number of hydrogen-bond donors (Lipinski definition) is 1. The van der Waals surface area contributed by atoms with Gasteiger partial charge in [0.1, 0.15) is 0 Å². The molecule has 1 fully saturated rings. The van der Waals surface area contributed by atoms with Crippen molar-refractivity contribution in [3.8, 4) is 0 Å². The van der Waals surface area contributed by atoms with Crippen LogP contribution in [0.2, 0.25) is 0 Å². The number of aryl methyl sites for hydroxylation is 1. The Hall–Kier alpha value is -0.900. The van der Waals surface area contributed by atoms with E-state index >= 15 is 0 Å². The molecule has 0 aromatic carbocycles. The summed E-state index contributed by atoms with van der Waals surface area (Å²) in [6.07, 6.45) is 9.60. The van der Waals surface area contributed by atoms with Crippen LogP contribution in [0.15, 0.2) is 6.20 Å². The van der Waals surface area contributed by atoms with E-state index in [0.29, 0.717) is 11.8 Å². The largest absolute Gasteiger partial charge is 0.330 e. The summed E-state index contributed by atoms with van der Waals surface area (Å²) in [6.45, 7) is 6.24. The molecular formula is C15H28N4. The van der Waals surface area contributed by atoms with Gasteiger partial charge in [0.2, 0.25) is 0 Å². The predicted octanol–water partition coefficient (Wildman–Crippen LogP) is 2.95. The van der Waals surface area contributed by atoms with Crippen LogP contribution in [0, 0.1) is 11.8 Å². The van der Waals surface area contributed by atoms with Crippen LogP contribution in [0.1, 0.15) is 64.0 Å². The van der Waals surface area contributed by atoms with Crippen molar-refractivity contribution in [2.24, 2.45) is 17.6 Å². The predicted molar refractivity (Wildman–Crippen MR) is 77.8 cm³/mol. The van der Waals surface area contributed by atoms with Crippen molar-refractivity contribution in [2.75, 3.05) is 6.54 Å². The maximum atomic E-state index is 5.99. The third-order valence-electron chi connectivity index (χ3n) is 4.56. The SMILES string of the molecule is CCCC1CCC(CN)C(c2cnnn2CCC)C1. The normalized spacial score (nSPS) is 27.6. The zero-order valence-corrected chi connectivity index (χ0v) is 12.4. The Bertz CT molecular complexity index is 374. The summed E-state index contributed by atoms with van der Waals surface area (Å²) in [7, 11) is 0. The second-order valence-corrected chi connectivity index (χ2v) is 5.95. The van der Waals surface area contributed by atoms with E-state index in [4.69, 9.17) is 5.73 Å². The Morgan fingerprint density at radius 2 is 2.16 bits per heavy atom. The lowest BCUT2D eigenvalue weighted by Crippen LogP contribution is -2.30. The molecule has 1 saturated carbocycles. The molecule has 1 aliphatic carbocycles. The summed E-state index contributed by atoms with van der Waals surface area (Å²) in [5.74, 6) is 2.04. The van der Waals surface area contributed by atoms with E-state index in [1.54, 1.807) is 0 Å². The molecule has 4 nitrogen and oxygen atoms in total. The van der Waals surface area contributed by atoms with Gasteiger partial charge < -0.3 is 5.73 Å². The van der Waals surface area contributed by atoms with Gasteiger partial charge in [-0.3, -0.25) is 0 Å². The van der Waals surface area contributed by atoms with E-state index in [0.717, 1.165) is 25.4 Å². The van der Waals surface area contributed by atoms with Gasteiger partial charge in [-0.05, 0) is 37.6 Å². The summed E-state index contributed by atoms with van der Waals surface area (Å²) >= 11 is 0. The molecule has 0 amide bonds. The monoisotopic (exact) mass is 264 g/mol. The fourth-order valence-corrected chi connectivity index (χ4v) is 3.57. The van der Waals surface area contributed by atoms with Crippen LogP contribution in [-0.2, 0) is 6.54 Å². The maximum Gasteiger partial charge on any atom is 0.0728 e. The molecule has 108 valence electrons. The average molecular weight is 264 g/mol. The second kappa shape index (κ2) is 7.04. The zero-order valence-electron chi connectivity index (χ0n) is 12.4. The van der Waals surface area contributed by atoms with Gasteiger partial charge in [0.25, 0.3) is 0 Å². The molecule has 0 spiro atoms. The zero-order chi connectivity index (χ0) is 13.7. The molecule has 1 aliphatic rings. The molecule has 0 bridgehead atoms. The highest BCUT2D eigenvalue weighted by atomic mass is 15.4. The lowest BCUT2D eigenvalue weighted by atomic mass is 9.71. The van der Waals surface area contributed by atoms with Crippen molar-refractivity contribution in [1.29, 1.82) is 0 Å². The van der Waals surface area contributed by atoms with Gasteiger partial charge in [0, 0.05) is 12.5 Å². The summed E-state index contributed by atoms with van der Waals surface area (Å²) in [5, 5.41) is 8.37. The first-order chi connectivity index (χ1) is 9.30. The van der Waals surface area contributed by atoms with E-state index in [2.05, 4.69) is 28.8 Å². The summed E-state index contributed by atoms with van der Waals surface area (Å²) in [4.78, 5) is 0. The molecule has 3 unspecified atom stereocenters. The average Bonchev–Trinajstić information content (AvgIpc) is 2.87. The maximum absolute atomic E-state index is 5.99. The van der Waals surface area contributed by atoms with E-state index in [9.17, 15) is 0 Å². The third kappa shape index (κ3) is 3.35. The lowest BCUT2D eigenvalue weighted by Gasteiger charge is -2.35. The molecule has 4 heteroatoms. The fraction of sp³-hybridized carbons (Fsp3) is 0.867. The minimum atomic E-state index is 0.567. The Morgan fingerprint density at radius 3 is 2.84 bits per heavy atom. The summed E-state index contributed by atoms with van der Waals surface area (Å²) in [6, 6.07) is 0. The number of nitrogens with zero attached hydrogens (tertiary/aromatic N) is 3. The standard InChI is InChI=1S/C15H28N4/c1-3-5-12-6-7-13(10-16)14(9-12)15-11-17-18-19(15)8-4-2/h11-14H,3-10,16H2,1-2H3. The topological polar surface area (TPSA) is 56.7 Å². The minimum absolute atomic E-state index is 0.567. The lowest BCUT2D eigenvalue weighted by molar-refractivity contribution is 0.221. The highest BCUT2D eigenvalue weighted by Crippen LogP contribution is 2.41. The van der Waals surface area contributed by atoms with Crippen LogP contribution in [0.4, 0.5) is 0 Å². The van der Waals surface area contributed by atoms with Gasteiger partial charge in [-0.2, -0.15) is 0 Å². The van der Waals surface area contributed by atoms with Crippen LogP contribution in [0.25, 0.3) is 0 Å². The number of nitrogens with two attached hydrogens (primary N) is 1. The quantitative estimate of drug-likeness (QED) is 0.859. The molecule has 1 heterocycles. The molecule has 1 aromatic rings. The van der Waals surface area contributed by atoms with Gasteiger partial charge in [-0.25, -0.2) is 4.68 Å². The first-order valence-electron chi connectivity index (χ1n) is 7.88. The number of rotatable bonds is 6. The summed E-state index contributed by atoms with van der Waals surface area (Å²) < 4.78 is 2.10. The molecule has 2 N–H and O–H groups in total. The molecule has 19 heavy (non-hydrogen) atoms. The van der Waals surface area contributed by atoms with Crippen LogP contribution in [0.5, 0.6) is 0 Å². The van der Waals surface area contributed by atoms with Crippen LogP contribution < -0.4 is 5.73 Å². The van der Waals surface area contributed by atoms with E-state index in [-0.39, 0.29) is 0 Å². The van der Waals surface area contributed by atoms with Crippen LogP contribution in [0.3, 0.4) is 0 Å². The molecule has 1 aromatic heterocycles. The summed E-state index contributed by atoms with van der Waals surface area (Å²) in [5.41, 5.74) is 7.31. The minimum Gasteiger partial charge on any atom is -0.330 e. The van der Waals surface area contributed by atoms with Gasteiger partial charge in [-0.1, -0.05) is 38.3 Å². The van der Waals surface area contributed by atoms with Crippen molar-refractivity contribution < 1.29 is 0 Å². The van der Waals surface area contributed by atoms with Gasteiger partial charge in [0.15, 0.2) is 0 Å². The van der Waals surface area contributed by atoms with E-state index in [1.807, 2.05) is 6.20 Å². The van der Waals surface area contributed by atoms with Crippen molar-refractivity contribution in [1.82, 2.24) is 15.0 Å². The Morgan fingerprint density at radius 1 is 1.32 bits per heavy atom. The molecule has 0 aliphatic heterocycles. The molecule has 2 rings (SSSR count). The Balaban J connectivity index is 2.14. The molecule has 3 atom stereocenters. The molecule has 0 saturated heterocycles. The van der Waals surface area contributed by atoms with Crippen molar-refractivity contribution in [3.63, 3.8) is 0 Å². The Labute approximate surface area is 116 Å². The highest BCUT2D eigenvalue weighted by molar-refractivity contribution is 5.08. The number of hydrogen-bond acceptors (Lipinski definition) is 3. The van der Waals surface area contributed by atoms with Crippen molar-refractivity contribution >= 4 is 0 Å². The molecular weight excluding hydrogens is 236 g/mol. The molecule has 0 radical (unpaired) electrons. The van der Waals surface area contributed by atoms with Crippen molar-refractivity contribution in [2.45, 2.75) is 64.8 Å². The van der Waals surface area contributed by atoms with Crippen LogP contribution in [-0.4, -0.2) is 21.5 Å². The number of aromatic nitrogens is 3. The second-order valence-electron chi connectivity index (χ2n) is 5.95. The Kier molecular flexibility index (Phi) is 5.37. The first-order valence-corrected chi connectivity index (χ1v) is 7.88. The third-order valence-corrected chi connectivity index (χ3v) is 4.56. The fourth-order valence-electron chi connectivity index (χ4n) is 3.57. The first kappa shape index (κ1) is 14.5. The van der Waals surface area contributed by atoms with E-state index < -0.39 is 0 Å². The van der Waals surface area contributed by atoms with E-state index in [1.165, 1.54) is 37.8 Å². The van der Waals surface area contributed by atoms with Gasteiger partial charge >= 0.3 is 0 Å². The van der Waals surface area contributed by atoms with Crippen LogP contribution >= 0.6 is 0 Å².